The first-order chi connectivity index (χ1) is 8.67. The molecule has 0 aliphatic heterocycles. The zero-order chi connectivity index (χ0) is 13.1. The van der Waals surface area contributed by atoms with Gasteiger partial charge in [-0.25, -0.2) is 4.98 Å². The van der Waals surface area contributed by atoms with Crippen molar-refractivity contribution < 1.29 is 4.74 Å². The molecule has 0 saturated carbocycles. The highest BCUT2D eigenvalue weighted by molar-refractivity contribution is 7.11. The first-order valence-electron chi connectivity index (χ1n) is 6.02. The summed E-state index contributed by atoms with van der Waals surface area (Å²) in [6.45, 7) is 4.20. The highest BCUT2D eigenvalue weighted by Gasteiger charge is 2.18. The minimum atomic E-state index is -0.217. The third-order valence-electron chi connectivity index (χ3n) is 2.98. The maximum atomic E-state index is 6.30. The Bertz CT molecular complexity index is 536. The molecule has 0 aliphatic rings. The number of methoxy groups -OCH3 is 1. The van der Waals surface area contributed by atoms with E-state index < -0.39 is 0 Å². The van der Waals surface area contributed by atoms with Crippen molar-refractivity contribution in [1.29, 1.82) is 0 Å². The average Bonchev–Trinajstić information content (AvgIpc) is 2.79. The Labute approximate surface area is 112 Å². The fourth-order valence-corrected chi connectivity index (χ4v) is 3.00. The van der Waals surface area contributed by atoms with Gasteiger partial charge in [-0.2, -0.15) is 0 Å². The molecule has 2 N–H and O–H groups in total. The zero-order valence-corrected chi connectivity index (χ0v) is 11.8. The smallest absolute Gasteiger partial charge is 0.124 e. The summed E-state index contributed by atoms with van der Waals surface area (Å²) in [5.41, 5.74) is 8.42. The number of benzene rings is 1. The minimum absolute atomic E-state index is 0.217. The van der Waals surface area contributed by atoms with Crippen molar-refractivity contribution in [1.82, 2.24) is 4.98 Å². The van der Waals surface area contributed by atoms with Crippen LogP contribution in [0.2, 0.25) is 0 Å². The highest BCUT2D eigenvalue weighted by Crippen LogP contribution is 2.31. The van der Waals surface area contributed by atoms with E-state index in [0.717, 1.165) is 28.4 Å². The van der Waals surface area contributed by atoms with Gasteiger partial charge in [-0.3, -0.25) is 0 Å². The van der Waals surface area contributed by atoms with Crippen molar-refractivity contribution in [2.75, 3.05) is 7.11 Å². The Morgan fingerprint density at radius 1 is 1.39 bits per heavy atom. The molecule has 1 aromatic carbocycles. The lowest BCUT2D eigenvalue weighted by Crippen LogP contribution is -2.12. The van der Waals surface area contributed by atoms with Gasteiger partial charge in [0.15, 0.2) is 0 Å². The van der Waals surface area contributed by atoms with Gasteiger partial charge in [0.1, 0.15) is 10.8 Å². The first-order valence-corrected chi connectivity index (χ1v) is 6.83. The van der Waals surface area contributed by atoms with E-state index in [2.05, 4.69) is 18.8 Å². The van der Waals surface area contributed by atoms with Crippen LogP contribution in [-0.2, 0) is 6.42 Å². The van der Waals surface area contributed by atoms with E-state index in [1.807, 2.05) is 24.3 Å². The summed E-state index contributed by atoms with van der Waals surface area (Å²) in [6, 6.07) is 7.62. The van der Waals surface area contributed by atoms with Gasteiger partial charge in [0, 0.05) is 10.4 Å². The lowest BCUT2D eigenvalue weighted by atomic mass is 10.1. The predicted octanol–water partition coefficient (Wildman–Crippen LogP) is 3.07. The van der Waals surface area contributed by atoms with Crippen molar-refractivity contribution in [3.8, 4) is 5.75 Å². The Morgan fingerprint density at radius 2 is 2.11 bits per heavy atom. The molecule has 0 aliphatic carbocycles. The summed E-state index contributed by atoms with van der Waals surface area (Å²) < 4.78 is 5.35. The first kappa shape index (κ1) is 13.1. The van der Waals surface area contributed by atoms with Crippen molar-refractivity contribution in [3.63, 3.8) is 0 Å². The number of hydrogen-bond acceptors (Lipinski definition) is 4. The van der Waals surface area contributed by atoms with Gasteiger partial charge in [0.2, 0.25) is 0 Å². The minimum Gasteiger partial charge on any atom is -0.496 e. The third kappa shape index (κ3) is 2.40. The second kappa shape index (κ2) is 5.50. The Kier molecular flexibility index (Phi) is 3.99. The van der Waals surface area contributed by atoms with Crippen LogP contribution in [0.5, 0.6) is 5.75 Å². The van der Waals surface area contributed by atoms with Crippen molar-refractivity contribution in [3.05, 3.63) is 45.4 Å². The number of hydrogen-bond donors (Lipinski definition) is 1. The van der Waals surface area contributed by atoms with Gasteiger partial charge in [0.25, 0.3) is 0 Å². The van der Waals surface area contributed by atoms with Gasteiger partial charge in [-0.05, 0) is 19.4 Å². The quantitative estimate of drug-likeness (QED) is 0.921. The number of nitrogens with two attached hydrogens (primary N) is 1. The van der Waals surface area contributed by atoms with Crippen LogP contribution in [0, 0.1) is 6.92 Å². The molecule has 2 aromatic rings. The topological polar surface area (TPSA) is 48.1 Å². The molecule has 2 rings (SSSR count). The molecule has 3 nitrogen and oxygen atoms in total. The van der Waals surface area contributed by atoms with E-state index in [-0.39, 0.29) is 6.04 Å². The van der Waals surface area contributed by atoms with E-state index in [1.165, 1.54) is 4.88 Å². The molecule has 1 heterocycles. The molecule has 0 radical (unpaired) electrons. The number of para-hydroxylation sites is 1. The Morgan fingerprint density at radius 3 is 2.72 bits per heavy atom. The molecule has 0 fully saturated rings. The van der Waals surface area contributed by atoms with Crippen LogP contribution in [0.25, 0.3) is 0 Å². The van der Waals surface area contributed by atoms with Crippen molar-refractivity contribution >= 4 is 11.3 Å². The van der Waals surface area contributed by atoms with E-state index in [1.54, 1.807) is 18.4 Å². The number of aromatic nitrogens is 1. The van der Waals surface area contributed by atoms with Crippen molar-refractivity contribution in [2.24, 2.45) is 5.73 Å². The fraction of sp³-hybridized carbons (Fsp3) is 0.357. The van der Waals surface area contributed by atoms with Crippen molar-refractivity contribution in [2.45, 2.75) is 26.3 Å². The highest BCUT2D eigenvalue weighted by atomic mass is 32.1. The summed E-state index contributed by atoms with van der Waals surface area (Å²) in [5.74, 6) is 0.816. The molecule has 1 atom stereocenters. The molecule has 0 bridgehead atoms. The van der Waals surface area contributed by atoms with Gasteiger partial charge >= 0.3 is 0 Å². The lowest BCUT2D eigenvalue weighted by Gasteiger charge is -2.13. The standard InChI is InChI=1S/C14H18N2OS/c1-4-11-9(2)18-14(16-11)13(15)10-7-5-6-8-12(10)17-3/h5-8,13H,4,15H2,1-3H3. The third-order valence-corrected chi connectivity index (χ3v) is 4.08. The van der Waals surface area contributed by atoms with Crippen LogP contribution < -0.4 is 10.5 Å². The zero-order valence-electron chi connectivity index (χ0n) is 10.9. The van der Waals surface area contributed by atoms with E-state index >= 15 is 0 Å². The number of nitrogens with zero attached hydrogens (tertiary/aromatic N) is 1. The number of thiazole rings is 1. The maximum absolute atomic E-state index is 6.30. The maximum Gasteiger partial charge on any atom is 0.124 e. The molecule has 0 saturated heterocycles. The van der Waals surface area contributed by atoms with E-state index in [4.69, 9.17) is 10.5 Å². The molecular formula is C14H18N2OS. The summed E-state index contributed by atoms with van der Waals surface area (Å²) in [5, 5.41) is 0.953. The van der Waals surface area contributed by atoms with Crippen LogP contribution >= 0.6 is 11.3 Å². The van der Waals surface area contributed by atoms with Crippen LogP contribution in [0.4, 0.5) is 0 Å². The normalized spacial score (nSPS) is 12.4. The summed E-state index contributed by atoms with van der Waals surface area (Å²) in [4.78, 5) is 5.87. The van der Waals surface area contributed by atoms with E-state index in [0.29, 0.717) is 0 Å². The molecule has 18 heavy (non-hydrogen) atoms. The Balaban J connectivity index is 2.37. The van der Waals surface area contributed by atoms with Gasteiger partial charge in [-0.1, -0.05) is 25.1 Å². The molecular weight excluding hydrogens is 244 g/mol. The number of aryl methyl sites for hydroxylation is 2. The second-order valence-corrected chi connectivity index (χ2v) is 5.36. The molecule has 0 amide bonds. The number of rotatable bonds is 4. The van der Waals surface area contributed by atoms with Gasteiger partial charge in [-0.15, -0.1) is 11.3 Å². The van der Waals surface area contributed by atoms with Crippen LogP contribution in [0.15, 0.2) is 24.3 Å². The average molecular weight is 262 g/mol. The lowest BCUT2D eigenvalue weighted by molar-refractivity contribution is 0.408. The molecule has 1 unspecified atom stereocenters. The van der Waals surface area contributed by atoms with Crippen LogP contribution in [0.3, 0.4) is 0 Å². The molecule has 96 valence electrons. The molecule has 0 spiro atoms. The Hall–Kier alpha value is -1.39. The SMILES string of the molecule is CCc1nc(C(N)c2ccccc2OC)sc1C. The summed E-state index contributed by atoms with van der Waals surface area (Å²) >= 11 is 1.67. The summed E-state index contributed by atoms with van der Waals surface area (Å²) in [7, 11) is 1.66. The number of ether oxygens (including phenoxy) is 1. The fourth-order valence-electron chi connectivity index (χ4n) is 1.97. The summed E-state index contributed by atoms with van der Waals surface area (Å²) in [6.07, 6.45) is 0.945. The largest absolute Gasteiger partial charge is 0.496 e. The monoisotopic (exact) mass is 262 g/mol. The second-order valence-electron chi connectivity index (χ2n) is 4.13. The van der Waals surface area contributed by atoms with Gasteiger partial charge < -0.3 is 10.5 Å². The van der Waals surface area contributed by atoms with Crippen LogP contribution in [0.1, 0.15) is 34.1 Å². The van der Waals surface area contributed by atoms with E-state index in [9.17, 15) is 0 Å². The van der Waals surface area contributed by atoms with Crippen LogP contribution in [-0.4, -0.2) is 12.1 Å². The molecule has 4 heteroatoms. The predicted molar refractivity (Wildman–Crippen MR) is 75.3 cm³/mol. The molecule has 1 aromatic heterocycles. The van der Waals surface area contributed by atoms with Gasteiger partial charge in [0.05, 0.1) is 18.8 Å².